The smallest absolute Gasteiger partial charge is 0.176 e. The number of hydrogen-bond acceptors (Lipinski definition) is 5. The quantitative estimate of drug-likeness (QED) is 0.856. The minimum absolute atomic E-state index is 0.241. The summed E-state index contributed by atoms with van der Waals surface area (Å²) in [5, 5.41) is 25.4. The fraction of sp³-hybridized carbons (Fsp3) is 0.562. The Morgan fingerprint density at radius 2 is 2.09 bits per heavy atom. The molecule has 0 unspecified atom stereocenters. The second kappa shape index (κ2) is 6.04. The van der Waals surface area contributed by atoms with Crippen LogP contribution >= 0.6 is 0 Å². The zero-order valence-electron chi connectivity index (χ0n) is 13.2. The van der Waals surface area contributed by atoms with Crippen LogP contribution in [0.25, 0.3) is 5.82 Å². The molecule has 0 amide bonds. The van der Waals surface area contributed by atoms with Crippen molar-refractivity contribution in [2.24, 2.45) is 5.41 Å². The van der Waals surface area contributed by atoms with Crippen LogP contribution in [0, 0.1) is 19.3 Å². The SMILES string of the molecule is Cc1cc(C)n(-c2ccc(NCC3(CCO)CCC3)nn2)n1. The van der Waals surface area contributed by atoms with Gasteiger partial charge in [0.15, 0.2) is 5.82 Å². The normalized spacial score (nSPS) is 16.3. The van der Waals surface area contributed by atoms with E-state index in [4.69, 9.17) is 0 Å². The van der Waals surface area contributed by atoms with Crippen molar-refractivity contribution in [3.8, 4) is 5.82 Å². The summed E-state index contributed by atoms with van der Waals surface area (Å²) in [4.78, 5) is 0. The maximum atomic E-state index is 9.19. The lowest BCUT2D eigenvalue weighted by atomic mass is 9.67. The Kier molecular flexibility index (Phi) is 4.11. The number of hydrogen-bond donors (Lipinski definition) is 2. The largest absolute Gasteiger partial charge is 0.396 e. The minimum Gasteiger partial charge on any atom is -0.396 e. The van der Waals surface area contributed by atoms with E-state index in [1.54, 1.807) is 4.68 Å². The summed E-state index contributed by atoms with van der Waals surface area (Å²) >= 11 is 0. The first-order valence-electron chi connectivity index (χ1n) is 7.84. The highest BCUT2D eigenvalue weighted by Crippen LogP contribution is 2.43. The van der Waals surface area contributed by atoms with Crippen LogP contribution in [0.1, 0.15) is 37.1 Å². The van der Waals surface area contributed by atoms with Crippen molar-refractivity contribution in [3.05, 3.63) is 29.6 Å². The molecule has 0 bridgehead atoms. The fourth-order valence-corrected chi connectivity index (χ4v) is 3.10. The molecular formula is C16H23N5O. The number of aliphatic hydroxyl groups excluding tert-OH is 1. The molecule has 0 spiro atoms. The van der Waals surface area contributed by atoms with E-state index in [0.29, 0.717) is 0 Å². The van der Waals surface area contributed by atoms with Gasteiger partial charge in [-0.15, -0.1) is 10.2 Å². The van der Waals surface area contributed by atoms with Gasteiger partial charge in [0, 0.05) is 18.8 Å². The van der Waals surface area contributed by atoms with Gasteiger partial charge in [0.2, 0.25) is 0 Å². The van der Waals surface area contributed by atoms with Gasteiger partial charge in [-0.2, -0.15) is 5.10 Å². The van der Waals surface area contributed by atoms with Crippen molar-refractivity contribution in [2.75, 3.05) is 18.5 Å². The Labute approximate surface area is 130 Å². The standard InChI is InChI=1S/C16H23N5O/c1-12-10-13(2)21(20-12)15-5-4-14(18-19-15)17-11-16(8-9-22)6-3-7-16/h4-5,10,22H,3,6-9,11H2,1-2H3,(H,17,18). The second-order valence-corrected chi connectivity index (χ2v) is 6.30. The topological polar surface area (TPSA) is 75.9 Å². The molecule has 0 radical (unpaired) electrons. The molecule has 1 saturated carbocycles. The zero-order chi connectivity index (χ0) is 15.6. The molecule has 2 N–H and O–H groups in total. The first kappa shape index (κ1) is 15.0. The van der Waals surface area contributed by atoms with Crippen LogP contribution in [0.4, 0.5) is 5.82 Å². The molecule has 1 aliphatic rings. The molecule has 118 valence electrons. The first-order chi connectivity index (χ1) is 10.6. The maximum Gasteiger partial charge on any atom is 0.176 e. The monoisotopic (exact) mass is 301 g/mol. The maximum absolute atomic E-state index is 9.19. The lowest BCUT2D eigenvalue weighted by Gasteiger charge is -2.41. The van der Waals surface area contributed by atoms with Crippen molar-refractivity contribution < 1.29 is 5.11 Å². The van der Waals surface area contributed by atoms with Gasteiger partial charge in [-0.1, -0.05) is 6.42 Å². The number of aromatic nitrogens is 4. The lowest BCUT2D eigenvalue weighted by molar-refractivity contribution is 0.101. The fourth-order valence-electron chi connectivity index (χ4n) is 3.10. The summed E-state index contributed by atoms with van der Waals surface area (Å²) in [6.45, 7) is 5.07. The predicted octanol–water partition coefficient (Wildman–Crippen LogP) is 2.24. The number of aliphatic hydroxyl groups is 1. The average Bonchev–Trinajstić information content (AvgIpc) is 2.81. The molecule has 6 heteroatoms. The molecule has 2 aromatic heterocycles. The van der Waals surface area contributed by atoms with Gasteiger partial charge in [-0.25, -0.2) is 4.68 Å². The van der Waals surface area contributed by atoms with E-state index in [0.717, 1.165) is 36.0 Å². The van der Waals surface area contributed by atoms with E-state index < -0.39 is 0 Å². The molecule has 22 heavy (non-hydrogen) atoms. The van der Waals surface area contributed by atoms with Gasteiger partial charge in [0.1, 0.15) is 5.82 Å². The molecule has 2 heterocycles. The zero-order valence-corrected chi connectivity index (χ0v) is 13.2. The minimum atomic E-state index is 0.241. The van der Waals surface area contributed by atoms with Gasteiger partial charge < -0.3 is 10.4 Å². The molecule has 2 aromatic rings. The van der Waals surface area contributed by atoms with Crippen LogP contribution in [-0.4, -0.2) is 38.2 Å². The first-order valence-corrected chi connectivity index (χ1v) is 7.84. The van der Waals surface area contributed by atoms with E-state index in [1.165, 1.54) is 19.3 Å². The molecule has 1 aliphatic carbocycles. The Balaban J connectivity index is 1.66. The van der Waals surface area contributed by atoms with Crippen molar-refractivity contribution in [1.82, 2.24) is 20.0 Å². The highest BCUT2D eigenvalue weighted by Gasteiger charge is 2.36. The molecule has 0 aromatic carbocycles. The van der Waals surface area contributed by atoms with Crippen molar-refractivity contribution in [3.63, 3.8) is 0 Å². The van der Waals surface area contributed by atoms with Crippen LogP contribution in [-0.2, 0) is 0 Å². The number of nitrogens with one attached hydrogen (secondary N) is 1. The third-order valence-corrected chi connectivity index (χ3v) is 4.58. The summed E-state index contributed by atoms with van der Waals surface area (Å²) < 4.78 is 1.80. The highest BCUT2D eigenvalue weighted by atomic mass is 16.3. The van der Waals surface area contributed by atoms with E-state index >= 15 is 0 Å². The Morgan fingerprint density at radius 3 is 2.59 bits per heavy atom. The van der Waals surface area contributed by atoms with Gasteiger partial charge in [0.05, 0.1) is 5.69 Å². The van der Waals surface area contributed by atoms with E-state index in [-0.39, 0.29) is 12.0 Å². The van der Waals surface area contributed by atoms with Gasteiger partial charge in [0.25, 0.3) is 0 Å². The molecule has 0 atom stereocenters. The molecule has 0 saturated heterocycles. The third-order valence-electron chi connectivity index (χ3n) is 4.58. The predicted molar refractivity (Wildman–Crippen MR) is 85.1 cm³/mol. The van der Waals surface area contributed by atoms with Gasteiger partial charge >= 0.3 is 0 Å². The summed E-state index contributed by atoms with van der Waals surface area (Å²) in [7, 11) is 0. The molecule has 1 fully saturated rings. The second-order valence-electron chi connectivity index (χ2n) is 6.30. The van der Waals surface area contributed by atoms with Crippen LogP contribution in [0.3, 0.4) is 0 Å². The van der Waals surface area contributed by atoms with Crippen LogP contribution in [0.15, 0.2) is 18.2 Å². The van der Waals surface area contributed by atoms with E-state index in [9.17, 15) is 5.11 Å². The number of nitrogens with zero attached hydrogens (tertiary/aromatic N) is 4. The number of aryl methyl sites for hydroxylation is 2. The summed E-state index contributed by atoms with van der Waals surface area (Å²) in [6.07, 6.45) is 4.47. The van der Waals surface area contributed by atoms with Crippen LogP contribution in [0.5, 0.6) is 0 Å². The van der Waals surface area contributed by atoms with Crippen LogP contribution < -0.4 is 5.32 Å². The summed E-state index contributed by atoms with van der Waals surface area (Å²) in [5.41, 5.74) is 2.26. The molecule has 0 aliphatic heterocycles. The molecular weight excluding hydrogens is 278 g/mol. The molecule has 3 rings (SSSR count). The summed E-state index contributed by atoms with van der Waals surface area (Å²) in [5.74, 6) is 1.50. The highest BCUT2D eigenvalue weighted by molar-refractivity contribution is 5.37. The van der Waals surface area contributed by atoms with E-state index in [2.05, 4.69) is 20.6 Å². The van der Waals surface area contributed by atoms with Crippen molar-refractivity contribution >= 4 is 5.82 Å². The number of anilines is 1. The third kappa shape index (κ3) is 2.97. The lowest BCUT2D eigenvalue weighted by Crippen LogP contribution is -2.37. The van der Waals surface area contributed by atoms with E-state index in [1.807, 2.05) is 32.0 Å². The van der Waals surface area contributed by atoms with Crippen molar-refractivity contribution in [2.45, 2.75) is 39.5 Å². The molecule has 6 nitrogen and oxygen atoms in total. The summed E-state index contributed by atoms with van der Waals surface area (Å²) in [6, 6.07) is 5.88. The Bertz CT molecular complexity index is 630. The Morgan fingerprint density at radius 1 is 1.27 bits per heavy atom. The van der Waals surface area contributed by atoms with Gasteiger partial charge in [-0.3, -0.25) is 0 Å². The van der Waals surface area contributed by atoms with Crippen LogP contribution in [0.2, 0.25) is 0 Å². The number of rotatable bonds is 6. The van der Waals surface area contributed by atoms with Crippen molar-refractivity contribution in [1.29, 1.82) is 0 Å². The van der Waals surface area contributed by atoms with Gasteiger partial charge in [-0.05, 0) is 56.7 Å². The average molecular weight is 301 g/mol. The Hall–Kier alpha value is -1.95.